The van der Waals surface area contributed by atoms with Gasteiger partial charge in [0.2, 0.25) is 0 Å². The number of non-ortho nitro benzene ring substituents is 1. The van der Waals surface area contributed by atoms with Gasteiger partial charge in [0.15, 0.2) is 0 Å². The molecule has 0 atom stereocenters. The predicted molar refractivity (Wildman–Crippen MR) is 83.9 cm³/mol. The van der Waals surface area contributed by atoms with Crippen LogP contribution in [-0.2, 0) is 9.47 Å². The first kappa shape index (κ1) is 19.1. The lowest BCUT2D eigenvalue weighted by molar-refractivity contribution is -0.393. The van der Waals surface area contributed by atoms with Gasteiger partial charge in [-0.3, -0.25) is 20.2 Å². The molecule has 0 unspecified atom stereocenters. The second-order valence-electron chi connectivity index (χ2n) is 4.32. The molecule has 0 amide bonds. The average Bonchev–Trinajstić information content (AvgIpc) is 2.56. The summed E-state index contributed by atoms with van der Waals surface area (Å²) in [5.74, 6) is 0. The van der Waals surface area contributed by atoms with E-state index in [9.17, 15) is 20.2 Å². The Balaban J connectivity index is 2.31. The zero-order chi connectivity index (χ0) is 17.8. The molecule has 0 fully saturated rings. The zero-order valence-corrected chi connectivity index (χ0v) is 12.7. The van der Waals surface area contributed by atoms with Crippen LogP contribution in [0, 0.1) is 20.2 Å². The first-order valence-corrected chi connectivity index (χ1v) is 6.89. The number of nitro benzene ring substituents is 2. The van der Waals surface area contributed by atoms with E-state index in [1.807, 2.05) is 0 Å². The first-order chi connectivity index (χ1) is 11.6. The molecule has 0 bridgehead atoms. The van der Waals surface area contributed by atoms with Crippen molar-refractivity contribution in [3.63, 3.8) is 0 Å². The van der Waals surface area contributed by atoms with Gasteiger partial charge in [-0.15, -0.1) is 0 Å². The molecular formula is C12H16N6O6. The molecule has 0 heterocycles. The van der Waals surface area contributed by atoms with Crippen LogP contribution in [0.5, 0.6) is 0 Å². The molecule has 1 rings (SSSR count). The van der Waals surface area contributed by atoms with Gasteiger partial charge >= 0.3 is 0 Å². The van der Waals surface area contributed by atoms with Crippen LogP contribution in [-0.4, -0.2) is 49.4 Å². The third kappa shape index (κ3) is 6.87. The minimum Gasteiger partial charge on any atom is -0.379 e. The van der Waals surface area contributed by atoms with Crippen LogP contribution in [0.1, 0.15) is 0 Å². The molecule has 24 heavy (non-hydrogen) atoms. The van der Waals surface area contributed by atoms with Crippen molar-refractivity contribution in [3.05, 3.63) is 48.9 Å². The third-order valence-corrected chi connectivity index (χ3v) is 2.72. The Morgan fingerprint density at radius 1 is 1.12 bits per heavy atom. The van der Waals surface area contributed by atoms with E-state index in [0.29, 0.717) is 19.8 Å². The number of nitrogens with zero attached hydrogens (tertiary/aromatic N) is 5. The summed E-state index contributed by atoms with van der Waals surface area (Å²) in [6, 6.07) is 3.38. The molecule has 0 spiro atoms. The van der Waals surface area contributed by atoms with Crippen LogP contribution in [0.4, 0.5) is 17.1 Å². The van der Waals surface area contributed by atoms with Crippen molar-refractivity contribution in [2.75, 3.05) is 44.8 Å². The summed E-state index contributed by atoms with van der Waals surface area (Å²) in [5, 5.41) is 27.7. The van der Waals surface area contributed by atoms with E-state index in [1.165, 1.54) is 12.1 Å². The highest BCUT2D eigenvalue weighted by molar-refractivity contribution is 5.65. The summed E-state index contributed by atoms with van der Waals surface area (Å²) in [6.07, 6.45) is 0. The van der Waals surface area contributed by atoms with E-state index >= 15 is 0 Å². The van der Waals surface area contributed by atoms with Crippen LogP contribution >= 0.6 is 0 Å². The molecular weight excluding hydrogens is 324 g/mol. The third-order valence-electron chi connectivity index (χ3n) is 2.72. The number of anilines is 1. The number of benzene rings is 1. The summed E-state index contributed by atoms with van der Waals surface area (Å²) in [7, 11) is 0. The Morgan fingerprint density at radius 3 is 2.46 bits per heavy atom. The highest BCUT2D eigenvalue weighted by Crippen LogP contribution is 2.28. The Morgan fingerprint density at radius 2 is 1.83 bits per heavy atom. The molecule has 0 aliphatic carbocycles. The van der Waals surface area contributed by atoms with E-state index in [4.69, 9.17) is 15.0 Å². The van der Waals surface area contributed by atoms with Crippen LogP contribution in [0.2, 0.25) is 0 Å². The lowest BCUT2D eigenvalue weighted by atomic mass is 10.2. The molecule has 0 radical (unpaired) electrons. The standard InChI is InChI=1S/C12H16N6O6/c13-16-15-4-6-24-8-7-23-5-3-14-11-2-1-10(17(19)20)9-12(11)18(21)22/h1-2,9,14H,3-8H2. The van der Waals surface area contributed by atoms with Gasteiger partial charge in [0.05, 0.1) is 42.3 Å². The fourth-order valence-corrected chi connectivity index (χ4v) is 1.66. The van der Waals surface area contributed by atoms with Gasteiger partial charge in [-0.05, 0) is 11.6 Å². The first-order valence-electron chi connectivity index (χ1n) is 6.89. The van der Waals surface area contributed by atoms with Crippen LogP contribution in [0.15, 0.2) is 23.3 Å². The zero-order valence-electron chi connectivity index (χ0n) is 12.7. The van der Waals surface area contributed by atoms with E-state index < -0.39 is 9.85 Å². The number of rotatable bonds is 12. The van der Waals surface area contributed by atoms with Crippen LogP contribution < -0.4 is 5.32 Å². The van der Waals surface area contributed by atoms with Crippen molar-refractivity contribution in [2.24, 2.45) is 5.11 Å². The van der Waals surface area contributed by atoms with E-state index in [1.54, 1.807) is 0 Å². The lowest BCUT2D eigenvalue weighted by Crippen LogP contribution is -2.13. The molecule has 0 aliphatic rings. The average molecular weight is 340 g/mol. The Kier molecular flexibility index (Phi) is 8.53. The Hall–Kier alpha value is -2.95. The van der Waals surface area contributed by atoms with E-state index in [-0.39, 0.29) is 36.8 Å². The van der Waals surface area contributed by atoms with Gasteiger partial charge < -0.3 is 14.8 Å². The fourth-order valence-electron chi connectivity index (χ4n) is 1.66. The summed E-state index contributed by atoms with van der Waals surface area (Å²) >= 11 is 0. The van der Waals surface area contributed by atoms with Gasteiger partial charge in [0.1, 0.15) is 5.69 Å². The molecule has 0 aliphatic heterocycles. The summed E-state index contributed by atoms with van der Waals surface area (Å²) in [5.41, 5.74) is 7.52. The lowest BCUT2D eigenvalue weighted by Gasteiger charge is -2.08. The van der Waals surface area contributed by atoms with Crippen molar-refractivity contribution in [2.45, 2.75) is 0 Å². The number of hydrogen-bond acceptors (Lipinski definition) is 8. The monoisotopic (exact) mass is 340 g/mol. The quantitative estimate of drug-likeness (QED) is 0.152. The van der Waals surface area contributed by atoms with Crippen molar-refractivity contribution in [1.82, 2.24) is 0 Å². The number of ether oxygens (including phenoxy) is 2. The van der Waals surface area contributed by atoms with Crippen LogP contribution in [0.3, 0.4) is 0 Å². The van der Waals surface area contributed by atoms with Crippen molar-refractivity contribution in [3.8, 4) is 0 Å². The minimum absolute atomic E-state index is 0.180. The smallest absolute Gasteiger partial charge is 0.299 e. The largest absolute Gasteiger partial charge is 0.379 e. The number of nitrogens with one attached hydrogen (secondary N) is 1. The maximum Gasteiger partial charge on any atom is 0.299 e. The van der Waals surface area contributed by atoms with Gasteiger partial charge in [-0.2, -0.15) is 0 Å². The van der Waals surface area contributed by atoms with E-state index in [0.717, 1.165) is 6.07 Å². The number of azide groups is 1. The summed E-state index contributed by atoms with van der Waals surface area (Å²) in [6.45, 7) is 1.77. The Bertz CT molecular complexity index is 618. The normalized spacial score (nSPS) is 10.0. The summed E-state index contributed by atoms with van der Waals surface area (Å²) in [4.78, 5) is 22.8. The van der Waals surface area contributed by atoms with Gasteiger partial charge in [-0.1, -0.05) is 5.11 Å². The van der Waals surface area contributed by atoms with Crippen molar-refractivity contribution >= 4 is 17.1 Å². The highest BCUT2D eigenvalue weighted by Gasteiger charge is 2.18. The number of hydrogen-bond donors (Lipinski definition) is 1. The molecule has 12 nitrogen and oxygen atoms in total. The van der Waals surface area contributed by atoms with Gasteiger partial charge in [0.25, 0.3) is 11.4 Å². The Labute approximate surface area is 136 Å². The van der Waals surface area contributed by atoms with Crippen molar-refractivity contribution in [1.29, 1.82) is 0 Å². The van der Waals surface area contributed by atoms with Crippen molar-refractivity contribution < 1.29 is 19.3 Å². The molecule has 1 aromatic carbocycles. The number of nitro groups is 2. The van der Waals surface area contributed by atoms with Gasteiger partial charge in [0, 0.05) is 24.1 Å². The molecule has 1 N–H and O–H groups in total. The van der Waals surface area contributed by atoms with Crippen LogP contribution in [0.25, 0.3) is 10.4 Å². The van der Waals surface area contributed by atoms with E-state index in [2.05, 4.69) is 15.3 Å². The minimum atomic E-state index is -0.693. The maximum atomic E-state index is 10.9. The second kappa shape index (κ2) is 10.7. The maximum absolute atomic E-state index is 10.9. The SMILES string of the molecule is [N-]=[N+]=NCCOCCOCCNc1ccc([N+](=O)[O-])cc1[N+](=O)[O-]. The van der Waals surface area contributed by atoms with Gasteiger partial charge in [-0.25, -0.2) is 0 Å². The molecule has 0 aromatic heterocycles. The molecule has 12 heteroatoms. The second-order valence-corrected chi connectivity index (χ2v) is 4.32. The highest BCUT2D eigenvalue weighted by atomic mass is 16.6. The molecule has 0 saturated carbocycles. The molecule has 0 saturated heterocycles. The predicted octanol–water partition coefficient (Wildman–Crippen LogP) is 2.26. The fraction of sp³-hybridized carbons (Fsp3) is 0.500. The molecule has 130 valence electrons. The topological polar surface area (TPSA) is 166 Å². The summed E-state index contributed by atoms with van der Waals surface area (Å²) < 4.78 is 10.4. The molecule has 1 aromatic rings.